The smallest absolute Gasteiger partial charge is 0.329 e. The van der Waals surface area contributed by atoms with Gasteiger partial charge in [0.25, 0.3) is 0 Å². The summed E-state index contributed by atoms with van der Waals surface area (Å²) in [6.07, 6.45) is 7.63. The summed E-state index contributed by atoms with van der Waals surface area (Å²) in [7, 11) is 1.60. The highest BCUT2D eigenvalue weighted by atomic mass is 16.4. The van der Waals surface area contributed by atoms with Gasteiger partial charge in [-0.1, -0.05) is 19.3 Å². The summed E-state index contributed by atoms with van der Waals surface area (Å²) in [5.74, 6) is 1.48. The lowest BCUT2D eigenvalue weighted by atomic mass is 9.91. The van der Waals surface area contributed by atoms with Crippen molar-refractivity contribution >= 4 is 12.0 Å². The molecule has 2 amide bonds. The van der Waals surface area contributed by atoms with Gasteiger partial charge in [0, 0.05) is 13.6 Å². The molecule has 1 atom stereocenters. The molecule has 1 heterocycles. The fourth-order valence-corrected chi connectivity index (χ4v) is 2.57. The Hall–Kier alpha value is -1.70. The van der Waals surface area contributed by atoms with Crippen molar-refractivity contribution in [3.8, 4) is 12.3 Å². The Bertz CT molecular complexity index is 375. The van der Waals surface area contributed by atoms with Gasteiger partial charge in [0.1, 0.15) is 5.54 Å². The third-order valence-corrected chi connectivity index (χ3v) is 3.44. The summed E-state index contributed by atoms with van der Waals surface area (Å²) in [5, 5.41) is 9.47. The summed E-state index contributed by atoms with van der Waals surface area (Å²) < 4.78 is 0. The van der Waals surface area contributed by atoms with E-state index in [1.54, 1.807) is 7.05 Å². The number of carbonyl (C=O) groups excluding carboxylic acids is 1. The van der Waals surface area contributed by atoms with Crippen LogP contribution in [0.2, 0.25) is 0 Å². The molecule has 0 bridgehead atoms. The molecule has 0 spiro atoms. The standard InChI is InChI=1S/C13H20N2O3/c1-4-7-13(11(16)17)8-6-10-15(13)12(18)14(3)9-5-2/h2H,4,6-10H2,1,3H3,(H,16,17). The van der Waals surface area contributed by atoms with Gasteiger partial charge in [-0.05, 0) is 19.3 Å². The van der Waals surface area contributed by atoms with Gasteiger partial charge in [0.15, 0.2) is 0 Å². The Labute approximate surface area is 108 Å². The number of hydrogen-bond donors (Lipinski definition) is 1. The number of terminal acetylenes is 1. The number of carboxylic acid groups (broad SMARTS) is 1. The third kappa shape index (κ3) is 2.42. The van der Waals surface area contributed by atoms with Crippen LogP contribution in [-0.2, 0) is 4.79 Å². The highest BCUT2D eigenvalue weighted by Crippen LogP contribution is 2.34. The molecule has 5 nitrogen and oxygen atoms in total. The van der Waals surface area contributed by atoms with E-state index in [0.717, 1.165) is 12.8 Å². The van der Waals surface area contributed by atoms with E-state index < -0.39 is 11.5 Å². The van der Waals surface area contributed by atoms with E-state index in [-0.39, 0.29) is 12.6 Å². The van der Waals surface area contributed by atoms with Crippen LogP contribution in [0.1, 0.15) is 32.6 Å². The van der Waals surface area contributed by atoms with E-state index in [1.165, 1.54) is 9.80 Å². The monoisotopic (exact) mass is 252 g/mol. The molecule has 5 heteroatoms. The largest absolute Gasteiger partial charge is 0.479 e. The minimum absolute atomic E-state index is 0.192. The number of nitrogens with zero attached hydrogens (tertiary/aromatic N) is 2. The van der Waals surface area contributed by atoms with Gasteiger partial charge in [0.05, 0.1) is 6.54 Å². The zero-order valence-electron chi connectivity index (χ0n) is 11.0. The second-order valence-electron chi connectivity index (χ2n) is 4.68. The van der Waals surface area contributed by atoms with E-state index in [1.807, 2.05) is 6.92 Å². The highest BCUT2D eigenvalue weighted by molar-refractivity contribution is 5.87. The normalized spacial score (nSPS) is 22.6. The van der Waals surface area contributed by atoms with E-state index in [2.05, 4.69) is 5.92 Å². The average Bonchev–Trinajstić information content (AvgIpc) is 2.74. The first-order valence-electron chi connectivity index (χ1n) is 6.19. The first kappa shape index (κ1) is 14.4. The number of amides is 2. The fraction of sp³-hybridized carbons (Fsp3) is 0.692. The molecule has 1 N–H and O–H groups in total. The number of aliphatic carboxylic acids is 1. The molecule has 100 valence electrons. The Morgan fingerprint density at radius 2 is 2.22 bits per heavy atom. The van der Waals surface area contributed by atoms with Gasteiger partial charge in [0.2, 0.25) is 0 Å². The van der Waals surface area contributed by atoms with Crippen LogP contribution >= 0.6 is 0 Å². The van der Waals surface area contributed by atoms with Crippen LogP contribution in [0.25, 0.3) is 0 Å². The number of carbonyl (C=O) groups is 2. The number of rotatable bonds is 4. The van der Waals surface area contributed by atoms with Gasteiger partial charge in [-0.3, -0.25) is 0 Å². The van der Waals surface area contributed by atoms with Gasteiger partial charge in [-0.2, -0.15) is 0 Å². The lowest BCUT2D eigenvalue weighted by Gasteiger charge is -2.36. The summed E-state index contributed by atoms with van der Waals surface area (Å²) in [5.41, 5.74) is -1.05. The quantitative estimate of drug-likeness (QED) is 0.769. The molecule has 0 aliphatic carbocycles. The lowest BCUT2D eigenvalue weighted by molar-refractivity contribution is -0.148. The van der Waals surface area contributed by atoms with E-state index in [0.29, 0.717) is 19.4 Å². The van der Waals surface area contributed by atoms with Crippen LogP contribution in [0.15, 0.2) is 0 Å². The Kier molecular flexibility index (Phi) is 4.60. The lowest BCUT2D eigenvalue weighted by Crippen LogP contribution is -2.56. The van der Waals surface area contributed by atoms with Crippen LogP contribution in [0.3, 0.4) is 0 Å². The van der Waals surface area contributed by atoms with Crippen molar-refractivity contribution in [2.24, 2.45) is 0 Å². The van der Waals surface area contributed by atoms with Crippen molar-refractivity contribution in [1.29, 1.82) is 0 Å². The third-order valence-electron chi connectivity index (χ3n) is 3.44. The van der Waals surface area contributed by atoms with Crippen LogP contribution in [0.4, 0.5) is 4.79 Å². The van der Waals surface area contributed by atoms with Gasteiger partial charge in [-0.25, -0.2) is 9.59 Å². The number of carboxylic acids is 1. The summed E-state index contributed by atoms with van der Waals surface area (Å²) in [6, 6.07) is -0.290. The predicted octanol–water partition coefficient (Wildman–Crippen LogP) is 1.39. The molecule has 1 unspecified atom stereocenters. The molecular formula is C13H20N2O3. The maximum Gasteiger partial charge on any atom is 0.329 e. The van der Waals surface area contributed by atoms with Crippen LogP contribution < -0.4 is 0 Å². The van der Waals surface area contributed by atoms with Crippen molar-refractivity contribution in [1.82, 2.24) is 9.80 Å². The molecule has 1 aliphatic rings. The number of hydrogen-bond acceptors (Lipinski definition) is 2. The minimum atomic E-state index is -1.05. The number of likely N-dealkylation sites (tertiary alicyclic amines) is 1. The van der Waals surface area contributed by atoms with Crippen molar-refractivity contribution in [2.45, 2.75) is 38.1 Å². The Morgan fingerprint density at radius 1 is 1.56 bits per heavy atom. The molecular weight excluding hydrogens is 232 g/mol. The molecule has 1 saturated heterocycles. The molecule has 1 aliphatic heterocycles. The SMILES string of the molecule is C#CCN(C)C(=O)N1CCCC1(CCC)C(=O)O. The molecule has 0 aromatic carbocycles. The maximum absolute atomic E-state index is 12.2. The van der Waals surface area contributed by atoms with E-state index in [4.69, 9.17) is 6.42 Å². The number of urea groups is 1. The molecule has 1 fully saturated rings. The molecule has 0 saturated carbocycles. The highest BCUT2D eigenvalue weighted by Gasteiger charge is 2.49. The van der Waals surface area contributed by atoms with Crippen LogP contribution in [0.5, 0.6) is 0 Å². The van der Waals surface area contributed by atoms with Crippen molar-refractivity contribution in [3.63, 3.8) is 0 Å². The van der Waals surface area contributed by atoms with Crippen LogP contribution in [0, 0.1) is 12.3 Å². The van der Waals surface area contributed by atoms with Gasteiger partial charge >= 0.3 is 12.0 Å². The second kappa shape index (κ2) is 5.76. The first-order chi connectivity index (χ1) is 8.49. The Balaban J connectivity index is 2.95. The topological polar surface area (TPSA) is 60.9 Å². The van der Waals surface area contributed by atoms with Crippen molar-refractivity contribution in [2.75, 3.05) is 20.1 Å². The summed E-state index contributed by atoms with van der Waals surface area (Å²) >= 11 is 0. The van der Waals surface area contributed by atoms with E-state index in [9.17, 15) is 14.7 Å². The molecule has 1 rings (SSSR count). The van der Waals surface area contributed by atoms with Crippen molar-refractivity contribution < 1.29 is 14.7 Å². The average molecular weight is 252 g/mol. The molecule has 0 aromatic heterocycles. The second-order valence-corrected chi connectivity index (χ2v) is 4.68. The zero-order chi connectivity index (χ0) is 13.8. The summed E-state index contributed by atoms with van der Waals surface area (Å²) in [6.45, 7) is 2.61. The minimum Gasteiger partial charge on any atom is -0.479 e. The molecule has 0 radical (unpaired) electrons. The fourth-order valence-electron chi connectivity index (χ4n) is 2.57. The first-order valence-corrected chi connectivity index (χ1v) is 6.19. The van der Waals surface area contributed by atoms with E-state index >= 15 is 0 Å². The van der Waals surface area contributed by atoms with Crippen molar-refractivity contribution in [3.05, 3.63) is 0 Å². The summed E-state index contributed by atoms with van der Waals surface area (Å²) in [4.78, 5) is 26.6. The van der Waals surface area contributed by atoms with Gasteiger partial charge in [-0.15, -0.1) is 6.42 Å². The molecule has 18 heavy (non-hydrogen) atoms. The van der Waals surface area contributed by atoms with Gasteiger partial charge < -0.3 is 14.9 Å². The van der Waals surface area contributed by atoms with Crippen LogP contribution in [-0.4, -0.2) is 52.6 Å². The molecule has 0 aromatic rings. The Morgan fingerprint density at radius 3 is 2.72 bits per heavy atom. The zero-order valence-corrected chi connectivity index (χ0v) is 11.0. The maximum atomic E-state index is 12.2. The predicted molar refractivity (Wildman–Crippen MR) is 68.1 cm³/mol.